The lowest BCUT2D eigenvalue weighted by molar-refractivity contribution is 0.265. The molecule has 0 unspecified atom stereocenters. The molecule has 0 saturated carbocycles. The molecular weight excluding hydrogens is 305 g/mol. The Morgan fingerprint density at radius 2 is 2.10 bits per heavy atom. The zero-order valence-electron chi connectivity index (χ0n) is 12.9. The summed E-state index contributed by atoms with van der Waals surface area (Å²) in [6.45, 7) is 6.40. The molecule has 3 nitrogen and oxygen atoms in total. The summed E-state index contributed by atoms with van der Waals surface area (Å²) in [6, 6.07) is 6.44. The second kappa shape index (κ2) is 7.48. The molecule has 0 saturated heterocycles. The molecular formula is C16H23Cl2N3. The highest BCUT2D eigenvalue weighted by Gasteiger charge is 2.13. The largest absolute Gasteiger partial charge is 0.327 e. The van der Waals surface area contributed by atoms with Crippen molar-refractivity contribution < 1.29 is 0 Å². The van der Waals surface area contributed by atoms with Crippen LogP contribution in [0.3, 0.4) is 0 Å². The minimum Gasteiger partial charge on any atom is -0.327 e. The number of alkyl halides is 1. The van der Waals surface area contributed by atoms with Crippen LogP contribution < -0.4 is 0 Å². The zero-order valence-corrected chi connectivity index (χ0v) is 14.5. The van der Waals surface area contributed by atoms with Gasteiger partial charge in [-0.05, 0) is 46.0 Å². The maximum atomic E-state index is 6.36. The minimum absolute atomic E-state index is 0.565. The molecule has 5 heteroatoms. The normalized spacial score (nSPS) is 12.0. The maximum absolute atomic E-state index is 6.36. The Hall–Kier alpha value is -0.770. The van der Waals surface area contributed by atoms with Crippen LogP contribution in [0.1, 0.15) is 26.1 Å². The van der Waals surface area contributed by atoms with E-state index in [4.69, 9.17) is 23.2 Å². The van der Waals surface area contributed by atoms with Crippen molar-refractivity contribution >= 4 is 34.2 Å². The van der Waals surface area contributed by atoms with Gasteiger partial charge in [-0.25, -0.2) is 4.98 Å². The molecule has 0 radical (unpaired) electrons. The van der Waals surface area contributed by atoms with Gasteiger partial charge >= 0.3 is 0 Å². The van der Waals surface area contributed by atoms with Crippen LogP contribution in [-0.4, -0.2) is 40.0 Å². The Morgan fingerprint density at radius 3 is 2.76 bits per heavy atom. The van der Waals surface area contributed by atoms with Crippen molar-refractivity contribution in [3.63, 3.8) is 0 Å². The van der Waals surface area contributed by atoms with Crippen LogP contribution >= 0.6 is 23.2 Å². The molecule has 0 aliphatic heterocycles. The fourth-order valence-corrected chi connectivity index (χ4v) is 2.88. The number of aromatic nitrogens is 2. The standard InChI is InChI=1S/C16H23Cl2N3/c1-12(2)20(3)10-5-11-21-15(8-9-17)19-14-7-4-6-13(18)16(14)21/h4,6-7,12H,5,8-11H2,1-3H3. The highest BCUT2D eigenvalue weighted by atomic mass is 35.5. The predicted molar refractivity (Wildman–Crippen MR) is 91.6 cm³/mol. The highest BCUT2D eigenvalue weighted by Crippen LogP contribution is 2.25. The van der Waals surface area contributed by atoms with E-state index in [-0.39, 0.29) is 0 Å². The van der Waals surface area contributed by atoms with Crippen LogP contribution in [0.25, 0.3) is 11.0 Å². The summed E-state index contributed by atoms with van der Waals surface area (Å²) in [5, 5.41) is 0.762. The van der Waals surface area contributed by atoms with E-state index < -0.39 is 0 Å². The number of hydrogen-bond donors (Lipinski definition) is 0. The van der Waals surface area contributed by atoms with Gasteiger partial charge in [0.15, 0.2) is 0 Å². The Balaban J connectivity index is 2.22. The SMILES string of the molecule is CC(C)N(C)CCCn1c(CCCl)nc2cccc(Cl)c21. The molecule has 0 atom stereocenters. The Kier molecular flexibility index (Phi) is 5.91. The van der Waals surface area contributed by atoms with Crippen LogP contribution in [0.15, 0.2) is 18.2 Å². The molecule has 1 aromatic carbocycles. The third-order valence-electron chi connectivity index (χ3n) is 3.89. The average molecular weight is 328 g/mol. The van der Waals surface area contributed by atoms with Crippen LogP contribution in [-0.2, 0) is 13.0 Å². The molecule has 0 N–H and O–H groups in total. The lowest BCUT2D eigenvalue weighted by Gasteiger charge is -2.21. The van der Waals surface area contributed by atoms with Crippen molar-refractivity contribution in [1.82, 2.24) is 14.5 Å². The van der Waals surface area contributed by atoms with Crippen LogP contribution in [0, 0.1) is 0 Å². The number of nitrogens with zero attached hydrogens (tertiary/aromatic N) is 3. The lowest BCUT2D eigenvalue weighted by Crippen LogP contribution is -2.28. The monoisotopic (exact) mass is 327 g/mol. The van der Waals surface area contributed by atoms with Gasteiger partial charge in [-0.2, -0.15) is 0 Å². The van der Waals surface area contributed by atoms with E-state index in [1.165, 1.54) is 0 Å². The number of aryl methyl sites for hydroxylation is 2. The van der Waals surface area contributed by atoms with Gasteiger partial charge in [0, 0.05) is 24.9 Å². The third kappa shape index (κ3) is 3.91. The Morgan fingerprint density at radius 1 is 1.33 bits per heavy atom. The Labute approximate surface area is 136 Å². The van der Waals surface area contributed by atoms with Crippen molar-refractivity contribution in [1.29, 1.82) is 0 Å². The van der Waals surface area contributed by atoms with Crippen molar-refractivity contribution in [3.8, 4) is 0 Å². The topological polar surface area (TPSA) is 21.1 Å². The number of fused-ring (bicyclic) bond motifs is 1. The van der Waals surface area contributed by atoms with Gasteiger partial charge in [0.1, 0.15) is 5.82 Å². The summed E-state index contributed by atoms with van der Waals surface area (Å²) >= 11 is 12.3. The summed E-state index contributed by atoms with van der Waals surface area (Å²) in [4.78, 5) is 7.03. The molecule has 0 aliphatic carbocycles. The number of rotatable bonds is 7. The van der Waals surface area contributed by atoms with Gasteiger partial charge in [-0.15, -0.1) is 11.6 Å². The van der Waals surface area contributed by atoms with Gasteiger partial charge in [0.2, 0.25) is 0 Å². The molecule has 1 heterocycles. The molecule has 116 valence electrons. The summed E-state index contributed by atoms with van der Waals surface area (Å²) in [7, 11) is 2.16. The summed E-state index contributed by atoms with van der Waals surface area (Å²) in [6.07, 6.45) is 1.84. The average Bonchev–Trinajstić information content (AvgIpc) is 2.78. The number of halogens is 2. The fourth-order valence-electron chi connectivity index (χ4n) is 2.44. The van der Waals surface area contributed by atoms with Gasteiger partial charge in [-0.1, -0.05) is 17.7 Å². The molecule has 0 bridgehead atoms. The van der Waals surface area contributed by atoms with Crippen molar-refractivity contribution in [3.05, 3.63) is 29.0 Å². The van der Waals surface area contributed by atoms with E-state index in [1.807, 2.05) is 18.2 Å². The van der Waals surface area contributed by atoms with E-state index in [2.05, 4.69) is 35.3 Å². The second-order valence-corrected chi connectivity index (χ2v) is 6.44. The molecule has 0 aliphatic rings. The summed E-state index contributed by atoms with van der Waals surface area (Å²) in [5.74, 6) is 1.60. The smallest absolute Gasteiger partial charge is 0.111 e. The molecule has 1 aromatic heterocycles. The molecule has 2 aromatic rings. The van der Waals surface area contributed by atoms with E-state index in [0.717, 1.165) is 47.8 Å². The molecule has 2 rings (SSSR count). The highest BCUT2D eigenvalue weighted by molar-refractivity contribution is 6.35. The molecule has 0 fully saturated rings. The van der Waals surface area contributed by atoms with Gasteiger partial charge in [0.25, 0.3) is 0 Å². The first-order valence-corrected chi connectivity index (χ1v) is 8.35. The van der Waals surface area contributed by atoms with Crippen molar-refractivity contribution in [2.24, 2.45) is 0 Å². The lowest BCUT2D eigenvalue weighted by atomic mass is 10.3. The van der Waals surface area contributed by atoms with Crippen molar-refractivity contribution in [2.75, 3.05) is 19.5 Å². The zero-order chi connectivity index (χ0) is 15.4. The maximum Gasteiger partial charge on any atom is 0.111 e. The van der Waals surface area contributed by atoms with E-state index in [0.29, 0.717) is 11.9 Å². The minimum atomic E-state index is 0.565. The van der Waals surface area contributed by atoms with E-state index >= 15 is 0 Å². The number of benzene rings is 1. The fraction of sp³-hybridized carbons (Fsp3) is 0.562. The predicted octanol–water partition coefficient (Wildman–Crippen LogP) is 4.20. The first-order valence-electron chi connectivity index (χ1n) is 7.44. The number of para-hydroxylation sites is 1. The molecule has 0 amide bonds. The summed E-state index contributed by atoms with van der Waals surface area (Å²) < 4.78 is 2.23. The van der Waals surface area contributed by atoms with E-state index in [1.54, 1.807) is 0 Å². The number of hydrogen-bond acceptors (Lipinski definition) is 2. The van der Waals surface area contributed by atoms with Gasteiger partial charge < -0.3 is 9.47 Å². The first kappa shape index (κ1) is 16.6. The quantitative estimate of drug-likeness (QED) is 0.710. The van der Waals surface area contributed by atoms with Crippen LogP contribution in [0.2, 0.25) is 5.02 Å². The third-order valence-corrected chi connectivity index (χ3v) is 4.38. The second-order valence-electron chi connectivity index (χ2n) is 5.65. The summed E-state index contributed by atoms with van der Waals surface area (Å²) in [5.41, 5.74) is 1.99. The van der Waals surface area contributed by atoms with Gasteiger partial charge in [0.05, 0.1) is 16.1 Å². The van der Waals surface area contributed by atoms with Gasteiger partial charge in [-0.3, -0.25) is 0 Å². The Bertz CT molecular complexity index is 592. The van der Waals surface area contributed by atoms with Crippen LogP contribution in [0.4, 0.5) is 0 Å². The molecule has 0 spiro atoms. The first-order chi connectivity index (χ1) is 10.0. The number of imidazole rings is 1. The van der Waals surface area contributed by atoms with Crippen LogP contribution in [0.5, 0.6) is 0 Å². The molecule has 21 heavy (non-hydrogen) atoms. The van der Waals surface area contributed by atoms with E-state index in [9.17, 15) is 0 Å². The van der Waals surface area contributed by atoms with Crippen molar-refractivity contribution in [2.45, 2.75) is 39.3 Å².